The van der Waals surface area contributed by atoms with Crippen molar-refractivity contribution in [1.29, 1.82) is 0 Å². The van der Waals surface area contributed by atoms with E-state index in [1.165, 1.54) is 4.90 Å². The van der Waals surface area contributed by atoms with Crippen LogP contribution in [0.2, 0.25) is 0 Å². The predicted octanol–water partition coefficient (Wildman–Crippen LogP) is -0.347. The lowest BCUT2D eigenvalue weighted by Gasteiger charge is -2.24. The summed E-state index contributed by atoms with van der Waals surface area (Å²) in [7, 11) is 0. The first-order valence-corrected chi connectivity index (χ1v) is 4.46. The predicted molar refractivity (Wildman–Crippen MR) is 55.0 cm³/mol. The van der Waals surface area contributed by atoms with Crippen molar-refractivity contribution in [2.24, 2.45) is 11.5 Å². The lowest BCUT2D eigenvalue weighted by atomic mass is 10.2. The van der Waals surface area contributed by atoms with Crippen LogP contribution in [0.3, 0.4) is 0 Å². The van der Waals surface area contributed by atoms with Crippen molar-refractivity contribution in [3.05, 3.63) is 0 Å². The Kier molecular flexibility index (Phi) is 5.33. The number of hydrogen-bond acceptors (Lipinski definition) is 3. The van der Waals surface area contributed by atoms with Crippen LogP contribution in [0.5, 0.6) is 0 Å². The van der Waals surface area contributed by atoms with Gasteiger partial charge >= 0.3 is 0 Å². The summed E-state index contributed by atoms with van der Waals surface area (Å²) in [6, 6.07) is -0.743. The van der Waals surface area contributed by atoms with E-state index >= 15 is 0 Å². The fourth-order valence-electron chi connectivity index (χ4n) is 1.61. The number of hydrogen-bond donors (Lipinski definition) is 2. The second-order valence-electron chi connectivity index (χ2n) is 3.50. The lowest BCUT2D eigenvalue weighted by Crippen LogP contribution is -2.47. The smallest absolute Gasteiger partial charge is 0.239 e. The van der Waals surface area contributed by atoms with Gasteiger partial charge in [0.15, 0.2) is 0 Å². The van der Waals surface area contributed by atoms with Gasteiger partial charge in [-0.25, -0.2) is 4.39 Å². The van der Waals surface area contributed by atoms with Crippen LogP contribution in [0, 0.1) is 0 Å². The molecule has 1 rings (SSSR count). The SMILES string of the molecule is C[C@H](N)C(=O)N1C[C@@H](F)C[C@H]1CN.Cl. The highest BCUT2D eigenvalue weighted by atomic mass is 35.5. The van der Waals surface area contributed by atoms with Gasteiger partial charge in [0, 0.05) is 19.0 Å². The van der Waals surface area contributed by atoms with E-state index in [9.17, 15) is 9.18 Å². The number of nitrogens with zero attached hydrogens (tertiary/aromatic N) is 1. The third kappa shape index (κ3) is 2.80. The van der Waals surface area contributed by atoms with E-state index in [1.807, 2.05) is 0 Å². The van der Waals surface area contributed by atoms with Gasteiger partial charge < -0.3 is 16.4 Å². The van der Waals surface area contributed by atoms with Gasteiger partial charge in [-0.15, -0.1) is 12.4 Å². The maximum absolute atomic E-state index is 12.9. The van der Waals surface area contributed by atoms with Crippen molar-refractivity contribution in [3.8, 4) is 0 Å². The third-order valence-electron chi connectivity index (χ3n) is 2.31. The molecular weight excluding hydrogens is 209 g/mol. The van der Waals surface area contributed by atoms with Crippen molar-refractivity contribution in [2.45, 2.75) is 31.6 Å². The van der Waals surface area contributed by atoms with E-state index in [-0.39, 0.29) is 30.9 Å². The molecule has 0 unspecified atom stereocenters. The molecular formula is C8H17ClFN3O. The van der Waals surface area contributed by atoms with E-state index in [2.05, 4.69) is 0 Å². The highest BCUT2D eigenvalue weighted by Gasteiger charge is 2.35. The molecule has 1 aliphatic rings. The third-order valence-corrected chi connectivity index (χ3v) is 2.31. The fourth-order valence-corrected chi connectivity index (χ4v) is 1.61. The zero-order chi connectivity index (χ0) is 10.0. The molecule has 6 heteroatoms. The number of likely N-dealkylation sites (tertiary alicyclic amines) is 1. The average Bonchev–Trinajstić information content (AvgIpc) is 2.45. The minimum Gasteiger partial charge on any atom is -0.334 e. The Balaban J connectivity index is 0.00000169. The van der Waals surface area contributed by atoms with Crippen molar-refractivity contribution in [1.82, 2.24) is 4.90 Å². The molecule has 3 atom stereocenters. The highest BCUT2D eigenvalue weighted by molar-refractivity contribution is 5.85. The largest absolute Gasteiger partial charge is 0.334 e. The Labute approximate surface area is 89.2 Å². The molecule has 1 saturated heterocycles. The summed E-state index contributed by atoms with van der Waals surface area (Å²) in [5, 5.41) is 0. The number of rotatable bonds is 2. The van der Waals surface area contributed by atoms with E-state index < -0.39 is 12.2 Å². The molecule has 0 aromatic heterocycles. The summed E-state index contributed by atoms with van der Waals surface area (Å²) < 4.78 is 12.9. The van der Waals surface area contributed by atoms with E-state index in [0.29, 0.717) is 13.0 Å². The fraction of sp³-hybridized carbons (Fsp3) is 0.875. The molecule has 84 valence electrons. The molecule has 0 spiro atoms. The standard InChI is InChI=1S/C8H16FN3O.ClH/c1-5(11)8(13)12-4-6(9)2-7(12)3-10;/h5-7H,2-4,10-11H2,1H3;1H/t5-,6-,7-;/m0./s1. The van der Waals surface area contributed by atoms with Gasteiger partial charge in [0.2, 0.25) is 5.91 Å². The summed E-state index contributed by atoms with van der Waals surface area (Å²) in [4.78, 5) is 12.9. The van der Waals surface area contributed by atoms with Crippen molar-refractivity contribution in [3.63, 3.8) is 0 Å². The first kappa shape index (κ1) is 13.6. The highest BCUT2D eigenvalue weighted by Crippen LogP contribution is 2.19. The summed E-state index contributed by atoms with van der Waals surface area (Å²) in [5.74, 6) is -0.212. The maximum atomic E-state index is 12.9. The first-order chi connectivity index (χ1) is 6.06. The molecule has 0 bridgehead atoms. The second-order valence-corrected chi connectivity index (χ2v) is 3.50. The number of amides is 1. The van der Waals surface area contributed by atoms with Crippen LogP contribution in [0.15, 0.2) is 0 Å². The van der Waals surface area contributed by atoms with Crippen molar-refractivity contribution >= 4 is 18.3 Å². The van der Waals surface area contributed by atoms with Gasteiger partial charge in [-0.3, -0.25) is 4.79 Å². The summed E-state index contributed by atoms with van der Waals surface area (Å²) >= 11 is 0. The van der Waals surface area contributed by atoms with Crippen molar-refractivity contribution < 1.29 is 9.18 Å². The molecule has 1 aliphatic heterocycles. The normalized spacial score (nSPS) is 28.4. The second kappa shape index (κ2) is 5.48. The molecule has 4 N–H and O–H groups in total. The molecule has 14 heavy (non-hydrogen) atoms. The van der Waals surface area contributed by atoms with E-state index in [1.54, 1.807) is 6.92 Å². The zero-order valence-electron chi connectivity index (χ0n) is 8.15. The Bertz CT molecular complexity index is 203. The quantitative estimate of drug-likeness (QED) is 0.675. The first-order valence-electron chi connectivity index (χ1n) is 4.46. The van der Waals surface area contributed by atoms with Crippen LogP contribution in [0.1, 0.15) is 13.3 Å². The Morgan fingerprint density at radius 3 is 2.71 bits per heavy atom. The molecule has 0 aromatic rings. The van der Waals surface area contributed by atoms with Crippen LogP contribution in [0.4, 0.5) is 4.39 Å². The average molecular weight is 226 g/mol. The molecule has 0 radical (unpaired) electrons. The number of carbonyl (C=O) groups is 1. The van der Waals surface area contributed by atoms with Gasteiger partial charge in [0.25, 0.3) is 0 Å². The van der Waals surface area contributed by atoms with Gasteiger partial charge in [0.1, 0.15) is 6.17 Å². The molecule has 0 saturated carbocycles. The van der Waals surface area contributed by atoms with Crippen LogP contribution >= 0.6 is 12.4 Å². The number of halogens is 2. The van der Waals surface area contributed by atoms with Gasteiger partial charge in [0.05, 0.1) is 12.6 Å². The summed E-state index contributed by atoms with van der Waals surface area (Å²) in [6.07, 6.45) is -0.606. The number of carbonyl (C=O) groups excluding carboxylic acids is 1. The topological polar surface area (TPSA) is 72.4 Å². The van der Waals surface area contributed by atoms with Crippen LogP contribution in [-0.4, -0.2) is 42.2 Å². The molecule has 0 aliphatic carbocycles. The Morgan fingerprint density at radius 1 is 1.71 bits per heavy atom. The molecule has 1 fully saturated rings. The molecule has 0 aromatic carbocycles. The van der Waals surface area contributed by atoms with Gasteiger partial charge in [-0.05, 0) is 6.92 Å². The van der Waals surface area contributed by atoms with Gasteiger partial charge in [-0.1, -0.05) is 0 Å². The maximum Gasteiger partial charge on any atom is 0.239 e. The lowest BCUT2D eigenvalue weighted by molar-refractivity contribution is -0.133. The Hall–Kier alpha value is -0.390. The monoisotopic (exact) mass is 225 g/mol. The Morgan fingerprint density at radius 2 is 2.29 bits per heavy atom. The van der Waals surface area contributed by atoms with Crippen LogP contribution in [-0.2, 0) is 4.79 Å². The number of nitrogens with two attached hydrogens (primary N) is 2. The summed E-state index contributed by atoms with van der Waals surface area (Å²) in [5.41, 5.74) is 10.8. The van der Waals surface area contributed by atoms with E-state index in [4.69, 9.17) is 11.5 Å². The van der Waals surface area contributed by atoms with E-state index in [0.717, 1.165) is 0 Å². The molecule has 4 nitrogen and oxygen atoms in total. The number of alkyl halides is 1. The van der Waals surface area contributed by atoms with Crippen LogP contribution < -0.4 is 11.5 Å². The minimum atomic E-state index is -0.948. The zero-order valence-corrected chi connectivity index (χ0v) is 8.97. The van der Waals surface area contributed by atoms with Crippen LogP contribution in [0.25, 0.3) is 0 Å². The molecule has 1 heterocycles. The van der Waals surface area contributed by atoms with Crippen molar-refractivity contribution in [2.75, 3.05) is 13.1 Å². The molecule has 1 amide bonds. The summed E-state index contributed by atoms with van der Waals surface area (Å²) in [6.45, 7) is 2.04. The van der Waals surface area contributed by atoms with Gasteiger partial charge in [-0.2, -0.15) is 0 Å². The minimum absolute atomic E-state index is 0.